The number of rotatable bonds is 12. The van der Waals surface area contributed by atoms with Crippen LogP contribution in [0.3, 0.4) is 0 Å². The van der Waals surface area contributed by atoms with Crippen LogP contribution < -0.4 is 0 Å². The summed E-state index contributed by atoms with van der Waals surface area (Å²) in [7, 11) is 0. The lowest BCUT2D eigenvalue weighted by molar-refractivity contribution is -0.164. The molecular formula is C13H23O6. The fourth-order valence-corrected chi connectivity index (χ4v) is 1.15. The van der Waals surface area contributed by atoms with E-state index in [2.05, 4.69) is 18.2 Å². The number of carbonyl (C=O) groups excluding carboxylic acids is 1. The average molecular weight is 275 g/mol. The summed E-state index contributed by atoms with van der Waals surface area (Å²) in [6.45, 7) is 8.24. The van der Waals surface area contributed by atoms with Crippen molar-refractivity contribution < 1.29 is 29.2 Å². The fourth-order valence-electron chi connectivity index (χ4n) is 1.15. The third-order valence-electron chi connectivity index (χ3n) is 2.07. The first-order valence-corrected chi connectivity index (χ1v) is 6.24. The molecule has 0 heterocycles. The van der Waals surface area contributed by atoms with Crippen molar-refractivity contribution >= 4 is 5.97 Å². The predicted molar refractivity (Wildman–Crippen MR) is 69.1 cm³/mol. The van der Waals surface area contributed by atoms with E-state index in [-0.39, 0.29) is 13.0 Å². The average Bonchev–Trinajstić information content (AvgIpc) is 2.36. The zero-order chi connectivity index (χ0) is 14.5. The number of unbranched alkanes of at least 4 members (excludes halogenated alkanes) is 1. The molecule has 0 saturated heterocycles. The highest BCUT2D eigenvalue weighted by atomic mass is 16.6. The van der Waals surface area contributed by atoms with Crippen LogP contribution in [0, 0.1) is 6.92 Å². The summed E-state index contributed by atoms with van der Waals surface area (Å²) in [5.74, 6) is -0.655. The zero-order valence-electron chi connectivity index (χ0n) is 11.1. The zero-order valence-corrected chi connectivity index (χ0v) is 11.1. The van der Waals surface area contributed by atoms with Gasteiger partial charge in [0.15, 0.2) is 0 Å². The first kappa shape index (κ1) is 18.0. The Morgan fingerprint density at radius 1 is 1.16 bits per heavy atom. The van der Waals surface area contributed by atoms with Gasteiger partial charge in [-0.25, -0.2) is 4.79 Å². The number of hydrogen-bond acceptors (Lipinski definition) is 6. The molecule has 0 aliphatic heterocycles. The van der Waals surface area contributed by atoms with Crippen molar-refractivity contribution in [1.82, 2.24) is 0 Å². The van der Waals surface area contributed by atoms with E-state index in [1.807, 2.05) is 0 Å². The monoisotopic (exact) mass is 275 g/mol. The molecular weight excluding hydrogens is 252 g/mol. The van der Waals surface area contributed by atoms with Crippen LogP contribution >= 0.6 is 0 Å². The summed E-state index contributed by atoms with van der Waals surface area (Å²) < 4.78 is 14.9. The van der Waals surface area contributed by atoms with Crippen LogP contribution in [0.15, 0.2) is 12.7 Å². The van der Waals surface area contributed by atoms with Crippen molar-refractivity contribution in [3.05, 3.63) is 19.6 Å². The van der Waals surface area contributed by atoms with Gasteiger partial charge in [0.05, 0.1) is 19.3 Å². The second-order valence-corrected chi connectivity index (χ2v) is 3.93. The van der Waals surface area contributed by atoms with Crippen molar-refractivity contribution in [2.45, 2.75) is 31.7 Å². The van der Waals surface area contributed by atoms with E-state index >= 15 is 0 Å². The molecule has 111 valence electrons. The van der Waals surface area contributed by atoms with Crippen LogP contribution in [0.25, 0.3) is 0 Å². The fraction of sp³-hybridized carbons (Fsp3) is 0.692. The number of carbonyl (C=O) groups is 1. The Hall–Kier alpha value is -0.950. The molecule has 0 spiro atoms. The molecule has 0 aromatic heterocycles. The molecule has 2 atom stereocenters. The normalized spacial score (nSPS) is 13.8. The van der Waals surface area contributed by atoms with Crippen LogP contribution in [-0.2, 0) is 19.0 Å². The molecule has 0 aromatic rings. The molecule has 6 nitrogen and oxygen atoms in total. The van der Waals surface area contributed by atoms with E-state index < -0.39 is 18.4 Å². The summed E-state index contributed by atoms with van der Waals surface area (Å²) in [5, 5.41) is 18.1. The van der Waals surface area contributed by atoms with Crippen molar-refractivity contribution in [3.8, 4) is 0 Å². The summed E-state index contributed by atoms with van der Waals surface area (Å²) in [5.41, 5.74) is 0. The third kappa shape index (κ3) is 13.3. The first-order valence-electron chi connectivity index (χ1n) is 6.24. The van der Waals surface area contributed by atoms with Gasteiger partial charge < -0.3 is 24.4 Å². The maximum absolute atomic E-state index is 10.7. The Labute approximate surface area is 114 Å². The summed E-state index contributed by atoms with van der Waals surface area (Å²) in [6, 6.07) is 0. The molecule has 2 unspecified atom stereocenters. The molecule has 0 fully saturated rings. The second-order valence-electron chi connectivity index (χ2n) is 3.93. The van der Waals surface area contributed by atoms with E-state index in [1.165, 1.54) is 0 Å². The molecule has 0 aliphatic rings. The van der Waals surface area contributed by atoms with Gasteiger partial charge in [-0.05, 0) is 19.8 Å². The van der Waals surface area contributed by atoms with Crippen molar-refractivity contribution in [2.75, 3.05) is 26.4 Å². The van der Waals surface area contributed by atoms with Crippen molar-refractivity contribution in [2.24, 2.45) is 0 Å². The molecule has 0 rings (SSSR count). The minimum Gasteiger partial charge on any atom is -0.433 e. The Morgan fingerprint density at radius 3 is 2.37 bits per heavy atom. The highest BCUT2D eigenvalue weighted by Gasteiger charge is 2.07. The predicted octanol–water partition coefficient (Wildman–Crippen LogP) is 0.432. The van der Waals surface area contributed by atoms with E-state index in [0.29, 0.717) is 19.8 Å². The van der Waals surface area contributed by atoms with E-state index in [9.17, 15) is 9.90 Å². The molecule has 0 aromatic carbocycles. The number of hydrogen-bond donors (Lipinski definition) is 2. The smallest absolute Gasteiger partial charge is 0.332 e. The minimum absolute atomic E-state index is 0.226. The standard InChI is InChI=1S/C13H23O6/c1-3-12(15)19-13(16)6-9-17-7-4-5-8-18-10-11(2)14/h3,11,13-14,16H,1-2,4-10H2. The van der Waals surface area contributed by atoms with Crippen LogP contribution in [0.2, 0.25) is 0 Å². The Kier molecular flexibility index (Phi) is 11.5. The van der Waals surface area contributed by atoms with E-state index in [0.717, 1.165) is 18.9 Å². The minimum atomic E-state index is -1.16. The molecule has 0 amide bonds. The lowest BCUT2D eigenvalue weighted by Crippen LogP contribution is -2.18. The molecule has 0 aliphatic carbocycles. The van der Waals surface area contributed by atoms with Crippen LogP contribution in [0.1, 0.15) is 19.3 Å². The van der Waals surface area contributed by atoms with E-state index in [1.54, 1.807) is 0 Å². The van der Waals surface area contributed by atoms with Gasteiger partial charge in [0, 0.05) is 25.7 Å². The summed E-state index contributed by atoms with van der Waals surface area (Å²) >= 11 is 0. The largest absolute Gasteiger partial charge is 0.433 e. The highest BCUT2D eigenvalue weighted by molar-refractivity contribution is 5.81. The van der Waals surface area contributed by atoms with Crippen molar-refractivity contribution in [1.29, 1.82) is 0 Å². The molecule has 19 heavy (non-hydrogen) atoms. The number of ether oxygens (including phenoxy) is 3. The highest BCUT2D eigenvalue weighted by Crippen LogP contribution is 1.98. The van der Waals surface area contributed by atoms with Gasteiger partial charge in [-0.3, -0.25) is 0 Å². The van der Waals surface area contributed by atoms with Crippen LogP contribution in [0.4, 0.5) is 0 Å². The van der Waals surface area contributed by atoms with Crippen LogP contribution in [-0.4, -0.2) is 55.0 Å². The number of aliphatic hydroxyl groups is 2. The van der Waals surface area contributed by atoms with Crippen molar-refractivity contribution in [3.63, 3.8) is 0 Å². The molecule has 2 N–H and O–H groups in total. The van der Waals surface area contributed by atoms with Gasteiger partial charge >= 0.3 is 5.97 Å². The SMILES string of the molecule is [CH2]C(O)COCCCCOCCC(O)OC(=O)C=C. The lowest BCUT2D eigenvalue weighted by atomic mass is 10.3. The Bertz CT molecular complexity index is 241. The molecule has 0 saturated carbocycles. The Balaban J connectivity index is 3.22. The van der Waals surface area contributed by atoms with Gasteiger partial charge in [-0.15, -0.1) is 0 Å². The van der Waals surface area contributed by atoms with Gasteiger partial charge in [0.25, 0.3) is 0 Å². The molecule has 0 bridgehead atoms. The van der Waals surface area contributed by atoms with E-state index in [4.69, 9.17) is 14.6 Å². The van der Waals surface area contributed by atoms with Gasteiger partial charge in [0.2, 0.25) is 6.29 Å². The summed E-state index contributed by atoms with van der Waals surface area (Å²) in [4.78, 5) is 10.7. The maximum Gasteiger partial charge on any atom is 0.332 e. The maximum atomic E-state index is 10.7. The number of esters is 1. The quantitative estimate of drug-likeness (QED) is 0.232. The number of aliphatic hydroxyl groups excluding tert-OH is 2. The van der Waals surface area contributed by atoms with Gasteiger partial charge in [-0.2, -0.15) is 0 Å². The van der Waals surface area contributed by atoms with Gasteiger partial charge in [0.1, 0.15) is 0 Å². The second kappa shape index (κ2) is 12.1. The van der Waals surface area contributed by atoms with Gasteiger partial charge in [-0.1, -0.05) is 6.58 Å². The lowest BCUT2D eigenvalue weighted by Gasteiger charge is -2.10. The molecule has 1 radical (unpaired) electrons. The molecule has 6 heteroatoms. The Morgan fingerprint density at radius 2 is 1.79 bits per heavy atom. The first-order chi connectivity index (χ1) is 9.06. The summed E-state index contributed by atoms with van der Waals surface area (Å²) in [6.07, 6.45) is 1.01. The topological polar surface area (TPSA) is 85.2 Å². The van der Waals surface area contributed by atoms with Crippen LogP contribution in [0.5, 0.6) is 0 Å². The third-order valence-corrected chi connectivity index (χ3v) is 2.07.